The minimum Gasteiger partial charge on any atom is -0.468 e. The highest BCUT2D eigenvalue weighted by atomic mass is 79.9. The number of halogens is 2. The molecule has 0 N–H and O–H groups in total. The summed E-state index contributed by atoms with van der Waals surface area (Å²) in [5.74, 6) is -7.95. The van der Waals surface area contributed by atoms with Crippen LogP contribution in [0.5, 0.6) is 0 Å². The van der Waals surface area contributed by atoms with E-state index in [4.69, 9.17) is 18.9 Å². The number of methoxy groups -OCH3 is 4. The first-order chi connectivity index (χ1) is 17.2. The molecule has 8 nitrogen and oxygen atoms in total. The summed E-state index contributed by atoms with van der Waals surface area (Å²) in [6, 6.07) is 12.8. The van der Waals surface area contributed by atoms with Crippen LogP contribution in [-0.2, 0) is 44.5 Å². The second kappa shape index (κ2) is 12.0. The lowest BCUT2D eigenvalue weighted by Crippen LogP contribution is -2.45. The maximum absolute atomic E-state index is 13.1. The second-order valence-electron chi connectivity index (χ2n) is 8.36. The molecule has 2 aromatic rings. The normalized spacial score (nSPS) is 18.8. The van der Waals surface area contributed by atoms with E-state index in [-0.39, 0.29) is 0 Å². The standard InChI is InChI=1S/C26H26Br2O8/c1-33-23(29)21(24(30)34-2)18-11-14-7-10-16(28)12-17(14)20(22(25(31)35-3)26(32)36-4)19(18)13-5-8-15(27)9-6-13/h5-10,12,18-22H,11H2,1-4H3. The number of hydrogen-bond acceptors (Lipinski definition) is 8. The predicted molar refractivity (Wildman–Crippen MR) is 136 cm³/mol. The SMILES string of the molecule is COC(=O)C(C(=O)OC)C1Cc2ccc(Br)cc2C(C(C(=O)OC)C(=O)OC)C1c1ccc(Br)cc1. The Morgan fingerprint density at radius 2 is 1.19 bits per heavy atom. The van der Waals surface area contributed by atoms with E-state index in [1.165, 1.54) is 28.4 Å². The highest BCUT2D eigenvalue weighted by molar-refractivity contribution is 9.10. The van der Waals surface area contributed by atoms with Gasteiger partial charge in [-0.15, -0.1) is 0 Å². The van der Waals surface area contributed by atoms with Gasteiger partial charge >= 0.3 is 23.9 Å². The quantitative estimate of drug-likeness (QED) is 0.256. The molecule has 36 heavy (non-hydrogen) atoms. The number of rotatable bonds is 7. The van der Waals surface area contributed by atoms with Gasteiger partial charge in [-0.3, -0.25) is 19.2 Å². The Balaban J connectivity index is 2.38. The lowest BCUT2D eigenvalue weighted by molar-refractivity contribution is -0.162. The topological polar surface area (TPSA) is 105 Å². The van der Waals surface area contributed by atoms with Crippen molar-refractivity contribution in [2.75, 3.05) is 28.4 Å². The summed E-state index contributed by atoms with van der Waals surface area (Å²) in [6.07, 6.45) is 0.295. The highest BCUT2D eigenvalue weighted by Gasteiger charge is 2.53. The fourth-order valence-corrected chi connectivity index (χ4v) is 5.74. The van der Waals surface area contributed by atoms with E-state index in [1.807, 2.05) is 42.5 Å². The molecule has 1 aliphatic rings. The lowest BCUT2D eigenvalue weighted by Gasteiger charge is -2.43. The van der Waals surface area contributed by atoms with Crippen molar-refractivity contribution < 1.29 is 38.1 Å². The van der Waals surface area contributed by atoms with Crippen LogP contribution in [0.25, 0.3) is 0 Å². The minimum atomic E-state index is -1.36. The van der Waals surface area contributed by atoms with Gasteiger partial charge in [-0.1, -0.05) is 50.1 Å². The zero-order valence-electron chi connectivity index (χ0n) is 20.2. The smallest absolute Gasteiger partial charge is 0.320 e. The Hall–Kier alpha value is -2.72. The third-order valence-electron chi connectivity index (χ3n) is 6.63. The number of esters is 4. The molecule has 0 fully saturated rings. The van der Waals surface area contributed by atoms with Gasteiger partial charge in [0, 0.05) is 14.9 Å². The van der Waals surface area contributed by atoms with Crippen LogP contribution in [0, 0.1) is 17.8 Å². The summed E-state index contributed by atoms with van der Waals surface area (Å²) >= 11 is 6.92. The molecule has 0 amide bonds. The zero-order valence-corrected chi connectivity index (χ0v) is 23.3. The van der Waals surface area contributed by atoms with Crippen LogP contribution < -0.4 is 0 Å². The van der Waals surface area contributed by atoms with Crippen molar-refractivity contribution in [2.45, 2.75) is 18.3 Å². The van der Waals surface area contributed by atoms with Gasteiger partial charge in [-0.25, -0.2) is 0 Å². The molecule has 1 aliphatic carbocycles. The summed E-state index contributed by atoms with van der Waals surface area (Å²) in [7, 11) is 4.79. The number of hydrogen-bond donors (Lipinski definition) is 0. The van der Waals surface area contributed by atoms with Crippen LogP contribution in [-0.4, -0.2) is 52.3 Å². The number of benzene rings is 2. The molecule has 0 heterocycles. The number of ether oxygens (including phenoxy) is 4. The molecule has 0 aliphatic heterocycles. The maximum Gasteiger partial charge on any atom is 0.320 e. The van der Waals surface area contributed by atoms with E-state index in [2.05, 4.69) is 31.9 Å². The van der Waals surface area contributed by atoms with Crippen molar-refractivity contribution in [3.05, 3.63) is 68.1 Å². The third kappa shape index (κ3) is 5.49. The summed E-state index contributed by atoms with van der Waals surface area (Å²) in [6.45, 7) is 0. The zero-order chi connectivity index (χ0) is 26.6. The molecule has 0 aromatic heterocycles. The van der Waals surface area contributed by atoms with Crippen molar-refractivity contribution in [1.82, 2.24) is 0 Å². The van der Waals surface area contributed by atoms with Gasteiger partial charge < -0.3 is 18.9 Å². The van der Waals surface area contributed by atoms with Crippen molar-refractivity contribution in [3.8, 4) is 0 Å². The Kier molecular flexibility index (Phi) is 9.30. The van der Waals surface area contributed by atoms with Crippen LogP contribution >= 0.6 is 31.9 Å². The van der Waals surface area contributed by atoms with Crippen LogP contribution in [0.15, 0.2) is 51.4 Å². The Morgan fingerprint density at radius 3 is 1.69 bits per heavy atom. The molecule has 2 aromatic carbocycles. The van der Waals surface area contributed by atoms with Crippen LogP contribution in [0.1, 0.15) is 28.5 Å². The van der Waals surface area contributed by atoms with E-state index >= 15 is 0 Å². The largest absolute Gasteiger partial charge is 0.468 e. The third-order valence-corrected chi connectivity index (χ3v) is 7.66. The first kappa shape index (κ1) is 27.9. The monoisotopic (exact) mass is 624 g/mol. The van der Waals surface area contributed by atoms with Gasteiger partial charge in [0.15, 0.2) is 11.8 Å². The van der Waals surface area contributed by atoms with Crippen molar-refractivity contribution in [2.24, 2.45) is 17.8 Å². The molecule has 10 heteroatoms. The number of carbonyl (C=O) groups excluding carboxylic acids is 4. The van der Waals surface area contributed by atoms with Gasteiger partial charge in [0.1, 0.15) is 0 Å². The fourth-order valence-electron chi connectivity index (χ4n) is 5.10. The van der Waals surface area contributed by atoms with E-state index in [9.17, 15) is 19.2 Å². The summed E-state index contributed by atoms with van der Waals surface area (Å²) in [5, 5.41) is 0. The predicted octanol–water partition coefficient (Wildman–Crippen LogP) is 4.18. The summed E-state index contributed by atoms with van der Waals surface area (Å²) < 4.78 is 21.6. The molecule has 3 unspecified atom stereocenters. The van der Waals surface area contributed by atoms with E-state index in [1.54, 1.807) is 0 Å². The van der Waals surface area contributed by atoms with Gasteiger partial charge in [-0.05, 0) is 59.2 Å². The van der Waals surface area contributed by atoms with Crippen LogP contribution in [0.2, 0.25) is 0 Å². The first-order valence-corrected chi connectivity index (χ1v) is 12.6. The van der Waals surface area contributed by atoms with E-state index < -0.39 is 53.5 Å². The van der Waals surface area contributed by atoms with Crippen LogP contribution in [0.4, 0.5) is 0 Å². The highest BCUT2D eigenvalue weighted by Crippen LogP contribution is 2.53. The van der Waals surface area contributed by atoms with Crippen molar-refractivity contribution in [3.63, 3.8) is 0 Å². The Bertz CT molecular complexity index is 1120. The Morgan fingerprint density at radius 1 is 0.722 bits per heavy atom. The second-order valence-corrected chi connectivity index (χ2v) is 10.2. The fraction of sp³-hybridized carbons (Fsp3) is 0.385. The van der Waals surface area contributed by atoms with Crippen LogP contribution in [0.3, 0.4) is 0 Å². The van der Waals surface area contributed by atoms with Crippen molar-refractivity contribution in [1.29, 1.82) is 0 Å². The van der Waals surface area contributed by atoms with Crippen molar-refractivity contribution >= 4 is 55.7 Å². The van der Waals surface area contributed by atoms with Gasteiger partial charge in [-0.2, -0.15) is 0 Å². The van der Waals surface area contributed by atoms with E-state index in [0.29, 0.717) is 12.0 Å². The van der Waals surface area contributed by atoms with Gasteiger partial charge in [0.2, 0.25) is 0 Å². The molecular formula is C26H26Br2O8. The molecule has 0 spiro atoms. The Labute approximate surface area is 225 Å². The molecule has 3 atom stereocenters. The molecule has 192 valence electrons. The first-order valence-electron chi connectivity index (χ1n) is 11.0. The average Bonchev–Trinajstić information content (AvgIpc) is 2.89. The molecule has 3 rings (SSSR count). The number of carbonyl (C=O) groups is 4. The number of fused-ring (bicyclic) bond motifs is 1. The molecule has 0 saturated heterocycles. The lowest BCUT2D eigenvalue weighted by atomic mass is 9.59. The van der Waals surface area contributed by atoms with E-state index in [0.717, 1.165) is 20.1 Å². The van der Waals surface area contributed by atoms with Gasteiger partial charge in [0.05, 0.1) is 28.4 Å². The maximum atomic E-state index is 13.1. The molecule has 0 bridgehead atoms. The molecular weight excluding hydrogens is 600 g/mol. The summed E-state index contributed by atoms with van der Waals surface area (Å²) in [4.78, 5) is 52.0. The average molecular weight is 626 g/mol. The van der Waals surface area contributed by atoms with Gasteiger partial charge in [0.25, 0.3) is 0 Å². The molecule has 0 radical (unpaired) electrons. The summed E-state index contributed by atoms with van der Waals surface area (Å²) in [5.41, 5.74) is 2.20. The molecule has 0 saturated carbocycles. The minimum absolute atomic E-state index is 0.295.